The molecule has 4 heterocycles. The van der Waals surface area contributed by atoms with Crippen LogP contribution in [0.25, 0.3) is 71.7 Å². The van der Waals surface area contributed by atoms with Crippen LogP contribution < -0.4 is 15.7 Å². The summed E-state index contributed by atoms with van der Waals surface area (Å²) in [6.07, 6.45) is 0. The lowest BCUT2D eigenvalue weighted by molar-refractivity contribution is 0.590. The number of anilines is 2. The zero-order chi connectivity index (χ0) is 38.9. The minimum Gasteiger partial charge on any atom is -0.455 e. The SMILES string of the molecule is CC(C)(C)c1ccc(N2B3c4cc5c(cc4-n4c6ccc7c8ccccc8oc7c6c6ccc(c3c64)-c3cc(C(C)(C)C)ccc32)-c2ccccc2C5(C)C)cc1. The smallest absolute Gasteiger partial charge is 0.333 e. The van der Waals surface area contributed by atoms with Crippen molar-refractivity contribution in [2.75, 3.05) is 4.81 Å². The normalized spacial score (nSPS) is 15.1. The summed E-state index contributed by atoms with van der Waals surface area (Å²) in [4.78, 5) is 2.66. The quantitative estimate of drug-likeness (QED) is 0.157. The molecule has 3 nitrogen and oxygen atoms in total. The molecule has 0 radical (unpaired) electrons. The summed E-state index contributed by atoms with van der Waals surface area (Å²) in [5.74, 6) is 0. The van der Waals surface area contributed by atoms with Crippen LogP contribution >= 0.6 is 0 Å². The fourth-order valence-electron chi connectivity index (χ4n) is 10.7. The van der Waals surface area contributed by atoms with Gasteiger partial charge in [-0.25, -0.2) is 0 Å². The minimum atomic E-state index is -0.136. The van der Waals surface area contributed by atoms with Crippen molar-refractivity contribution in [3.8, 4) is 27.9 Å². The summed E-state index contributed by atoms with van der Waals surface area (Å²) in [6, 6.07) is 48.7. The van der Waals surface area contributed by atoms with E-state index >= 15 is 0 Å². The minimum absolute atomic E-state index is 0.00192. The van der Waals surface area contributed by atoms with Crippen LogP contribution in [0, 0.1) is 0 Å². The lowest BCUT2D eigenvalue weighted by Gasteiger charge is -2.43. The van der Waals surface area contributed by atoms with Crippen molar-refractivity contribution >= 4 is 72.9 Å². The molecule has 0 atom stereocenters. The summed E-state index contributed by atoms with van der Waals surface area (Å²) in [7, 11) is 0. The van der Waals surface area contributed by atoms with Gasteiger partial charge in [-0.2, -0.15) is 0 Å². The van der Waals surface area contributed by atoms with Crippen LogP contribution in [-0.4, -0.2) is 11.4 Å². The lowest BCUT2D eigenvalue weighted by Crippen LogP contribution is -2.60. The molecule has 0 saturated heterocycles. The van der Waals surface area contributed by atoms with E-state index < -0.39 is 0 Å². The van der Waals surface area contributed by atoms with Gasteiger partial charge < -0.3 is 13.8 Å². The molecule has 2 aliphatic heterocycles. The summed E-state index contributed by atoms with van der Waals surface area (Å²) >= 11 is 0. The zero-order valence-corrected chi connectivity index (χ0v) is 34.0. The van der Waals surface area contributed by atoms with E-state index in [1.807, 2.05) is 0 Å². The maximum atomic E-state index is 6.84. The Morgan fingerprint density at radius 3 is 2.07 bits per heavy atom. The number of nitrogens with zero attached hydrogens (tertiary/aromatic N) is 2. The van der Waals surface area contributed by atoms with Crippen molar-refractivity contribution in [2.45, 2.75) is 71.6 Å². The third-order valence-electron chi connectivity index (χ3n) is 13.7. The summed E-state index contributed by atoms with van der Waals surface area (Å²) < 4.78 is 9.43. The Hall–Kier alpha value is -6.00. The maximum absolute atomic E-state index is 6.84. The number of hydrogen-bond acceptors (Lipinski definition) is 2. The Kier molecular flexibility index (Phi) is 6.22. The van der Waals surface area contributed by atoms with Gasteiger partial charge in [0.25, 0.3) is 0 Å². The highest BCUT2D eigenvalue weighted by Crippen LogP contribution is 2.52. The first-order valence-electron chi connectivity index (χ1n) is 20.6. The van der Waals surface area contributed by atoms with Crippen molar-refractivity contribution < 1.29 is 4.42 Å². The molecule has 0 fully saturated rings. The first-order valence-corrected chi connectivity index (χ1v) is 20.6. The van der Waals surface area contributed by atoms with Crippen LogP contribution in [0.1, 0.15) is 77.6 Å². The van der Waals surface area contributed by atoms with E-state index in [1.54, 1.807) is 0 Å². The monoisotopic (exact) mass is 736 g/mol. The lowest BCUT2D eigenvalue weighted by atomic mass is 9.43. The molecule has 57 heavy (non-hydrogen) atoms. The highest BCUT2D eigenvalue weighted by atomic mass is 16.3. The van der Waals surface area contributed by atoms with E-state index in [4.69, 9.17) is 4.42 Å². The van der Waals surface area contributed by atoms with Crippen molar-refractivity contribution in [3.05, 3.63) is 150 Å². The molecule has 0 spiro atoms. The van der Waals surface area contributed by atoms with Gasteiger partial charge in [-0.05, 0) is 109 Å². The van der Waals surface area contributed by atoms with E-state index in [1.165, 1.54) is 94.3 Å². The molecule has 12 rings (SSSR count). The highest BCUT2D eigenvalue weighted by Gasteiger charge is 2.46. The molecule has 0 unspecified atom stereocenters. The maximum Gasteiger partial charge on any atom is 0.333 e. The third-order valence-corrected chi connectivity index (χ3v) is 13.7. The predicted molar refractivity (Wildman–Crippen MR) is 242 cm³/mol. The third kappa shape index (κ3) is 4.23. The van der Waals surface area contributed by atoms with Gasteiger partial charge in [-0.15, -0.1) is 0 Å². The number of furan rings is 1. The second kappa shape index (κ2) is 10.7. The van der Waals surface area contributed by atoms with E-state index in [0.717, 1.165) is 21.9 Å². The van der Waals surface area contributed by atoms with E-state index in [2.05, 4.69) is 192 Å². The molecule has 0 saturated carbocycles. The molecule has 0 bridgehead atoms. The van der Waals surface area contributed by atoms with Crippen LogP contribution in [0.2, 0.25) is 0 Å². The topological polar surface area (TPSA) is 21.3 Å². The molecule has 9 aromatic rings. The number of fused-ring (bicyclic) bond motifs is 15. The van der Waals surface area contributed by atoms with Crippen LogP contribution in [0.3, 0.4) is 0 Å². The zero-order valence-electron chi connectivity index (χ0n) is 34.0. The van der Waals surface area contributed by atoms with Gasteiger partial charge in [0, 0.05) is 44.2 Å². The molecule has 2 aromatic heterocycles. The molecule has 7 aromatic carbocycles. The van der Waals surface area contributed by atoms with Crippen molar-refractivity contribution in [1.82, 2.24) is 4.57 Å². The molecule has 276 valence electrons. The molecular weight excluding hydrogens is 691 g/mol. The van der Waals surface area contributed by atoms with Crippen LogP contribution in [0.4, 0.5) is 11.4 Å². The molecule has 4 heteroatoms. The summed E-state index contributed by atoms with van der Waals surface area (Å²) in [5, 5.41) is 4.75. The second-order valence-electron chi connectivity index (χ2n) is 19.4. The van der Waals surface area contributed by atoms with E-state index in [9.17, 15) is 0 Å². The van der Waals surface area contributed by atoms with Gasteiger partial charge in [-0.3, -0.25) is 0 Å². The average molecular weight is 737 g/mol. The molecule has 0 amide bonds. The predicted octanol–water partition coefficient (Wildman–Crippen LogP) is 12.8. The molecule has 3 aliphatic rings. The van der Waals surface area contributed by atoms with Crippen molar-refractivity contribution in [1.29, 1.82) is 0 Å². The van der Waals surface area contributed by atoms with E-state index in [0.29, 0.717) is 0 Å². The number of benzene rings is 7. The van der Waals surface area contributed by atoms with Gasteiger partial charge in [0.05, 0.1) is 16.4 Å². The molecular formula is C53H45BN2O. The first-order chi connectivity index (χ1) is 27.3. The van der Waals surface area contributed by atoms with Crippen LogP contribution in [-0.2, 0) is 16.2 Å². The Balaban J connectivity index is 1.26. The molecule has 0 N–H and O–H groups in total. The fourth-order valence-corrected chi connectivity index (χ4v) is 10.7. The Morgan fingerprint density at radius 1 is 0.561 bits per heavy atom. The largest absolute Gasteiger partial charge is 0.455 e. The van der Waals surface area contributed by atoms with Gasteiger partial charge >= 0.3 is 6.85 Å². The number of rotatable bonds is 1. The van der Waals surface area contributed by atoms with Gasteiger partial charge in [0.2, 0.25) is 0 Å². The number of aromatic nitrogens is 1. The second-order valence-corrected chi connectivity index (χ2v) is 19.4. The fraction of sp³-hybridized carbons (Fsp3) is 0.208. The number of para-hydroxylation sites is 1. The van der Waals surface area contributed by atoms with Crippen LogP contribution in [0.5, 0.6) is 0 Å². The summed E-state index contributed by atoms with van der Waals surface area (Å²) in [5.41, 5.74) is 21.4. The van der Waals surface area contributed by atoms with E-state index in [-0.39, 0.29) is 23.1 Å². The number of hydrogen-bond donors (Lipinski definition) is 0. The Morgan fingerprint density at radius 2 is 1.28 bits per heavy atom. The molecule has 1 aliphatic carbocycles. The Labute approximate surface area is 334 Å². The average Bonchev–Trinajstić information content (AvgIpc) is 3.82. The summed E-state index contributed by atoms with van der Waals surface area (Å²) in [6.45, 7) is 18.6. The highest BCUT2D eigenvalue weighted by molar-refractivity contribution is 6.93. The van der Waals surface area contributed by atoms with Gasteiger partial charge in [0.15, 0.2) is 0 Å². The van der Waals surface area contributed by atoms with Crippen LogP contribution in [0.15, 0.2) is 132 Å². The van der Waals surface area contributed by atoms with Gasteiger partial charge in [0.1, 0.15) is 11.2 Å². The first kappa shape index (κ1) is 33.2. The standard InChI is InChI=1S/C53H45BN2O/c1-51(2,3)30-17-20-32(21-18-30)56-43-25-19-31(52(4,5)6)27-39(43)35-22-23-37-47-44(26-24-36-34-14-10-12-16-46(34)57-50(36)47)55-45-28-38-33-13-9-11-15-40(33)53(7,8)41(38)29-42(45)54(56)48(35)49(37)55/h9-29H,1-8H3. The Bertz CT molecular complexity index is 3230. The van der Waals surface area contributed by atoms with Crippen molar-refractivity contribution in [2.24, 2.45) is 0 Å². The van der Waals surface area contributed by atoms with Gasteiger partial charge in [-0.1, -0.05) is 134 Å². The van der Waals surface area contributed by atoms with Crippen molar-refractivity contribution in [3.63, 3.8) is 0 Å².